The minimum absolute atomic E-state index is 0. The van der Waals surface area contributed by atoms with Crippen LogP contribution < -0.4 is 5.73 Å². The van der Waals surface area contributed by atoms with Gasteiger partial charge in [-0.1, -0.05) is 43.7 Å². The third-order valence-corrected chi connectivity index (χ3v) is 3.82. The number of aryl methyl sites for hydroxylation is 2. The molecule has 130 valence electrons. The summed E-state index contributed by atoms with van der Waals surface area (Å²) in [6, 6.07) is 10.6. The van der Waals surface area contributed by atoms with Crippen molar-refractivity contribution in [2.45, 2.75) is 40.7 Å². The number of aromatic nitrogens is 1. The van der Waals surface area contributed by atoms with Crippen molar-refractivity contribution in [3.8, 4) is 17.2 Å². The van der Waals surface area contributed by atoms with Gasteiger partial charge in [-0.25, -0.2) is 0 Å². The Morgan fingerprint density at radius 2 is 1.71 bits per heavy atom. The number of hydrogen-bond donors (Lipinski definition) is 1. The van der Waals surface area contributed by atoms with Gasteiger partial charge in [0, 0.05) is 17.8 Å². The fraction of sp³-hybridized carbons (Fsp3) is 0.368. The lowest BCUT2D eigenvalue weighted by Gasteiger charge is -2.18. The molecule has 0 amide bonds. The van der Waals surface area contributed by atoms with E-state index in [2.05, 4.69) is 56.1 Å². The van der Waals surface area contributed by atoms with E-state index in [-0.39, 0.29) is 24.8 Å². The van der Waals surface area contributed by atoms with Gasteiger partial charge in [0.05, 0.1) is 11.3 Å². The lowest BCUT2D eigenvalue weighted by Crippen LogP contribution is -2.12. The van der Waals surface area contributed by atoms with Crippen molar-refractivity contribution in [1.82, 2.24) is 4.98 Å². The summed E-state index contributed by atoms with van der Waals surface area (Å²) in [7, 11) is 0. The number of rotatable bonds is 4. The Hall–Kier alpha value is -1.60. The topological polar surface area (TPSA) is 62.7 Å². The van der Waals surface area contributed by atoms with Crippen LogP contribution in [-0.2, 0) is 13.0 Å². The molecule has 0 aliphatic carbocycles. The summed E-state index contributed by atoms with van der Waals surface area (Å²) in [4.78, 5) is 4.66. The normalized spacial score (nSPS) is 9.88. The van der Waals surface area contributed by atoms with Crippen LogP contribution in [0.25, 0.3) is 11.1 Å². The number of nitrogens with two attached hydrogens (primary N) is 1. The van der Waals surface area contributed by atoms with Crippen molar-refractivity contribution in [2.24, 2.45) is 11.7 Å². The number of benzene rings is 1. The maximum atomic E-state index is 9.58. The molecule has 0 saturated heterocycles. The van der Waals surface area contributed by atoms with E-state index in [0.29, 0.717) is 18.0 Å². The molecule has 3 nitrogen and oxygen atoms in total. The standard InChI is InChI=1S/C19H23N3.2ClH/c1-12(2)9-18-17(11-21)19(16(10-20)14(4)22-18)15-7-5-13(3)6-8-15;;/h5-8,12H,9,11,21H2,1-4H3;2*1H. The van der Waals surface area contributed by atoms with E-state index < -0.39 is 0 Å². The van der Waals surface area contributed by atoms with E-state index in [0.717, 1.165) is 34.5 Å². The van der Waals surface area contributed by atoms with E-state index in [1.807, 2.05) is 6.92 Å². The third-order valence-electron chi connectivity index (χ3n) is 3.82. The van der Waals surface area contributed by atoms with Gasteiger partial charge in [-0.05, 0) is 37.3 Å². The monoisotopic (exact) mass is 365 g/mol. The zero-order chi connectivity index (χ0) is 16.3. The molecule has 2 N–H and O–H groups in total. The summed E-state index contributed by atoms with van der Waals surface area (Å²) in [5, 5.41) is 9.58. The first-order valence-electron chi connectivity index (χ1n) is 7.67. The molecule has 2 aromatic rings. The Morgan fingerprint density at radius 1 is 1.12 bits per heavy atom. The molecule has 0 aliphatic rings. The van der Waals surface area contributed by atoms with Gasteiger partial charge in [-0.15, -0.1) is 24.8 Å². The Labute approximate surface area is 157 Å². The first-order valence-corrected chi connectivity index (χ1v) is 7.67. The summed E-state index contributed by atoms with van der Waals surface area (Å²) >= 11 is 0. The van der Waals surface area contributed by atoms with Crippen LogP contribution in [0.15, 0.2) is 24.3 Å². The van der Waals surface area contributed by atoms with Gasteiger partial charge in [-0.2, -0.15) is 5.26 Å². The zero-order valence-corrected chi connectivity index (χ0v) is 16.2. The molecule has 5 heteroatoms. The molecular formula is C19H25Cl2N3. The van der Waals surface area contributed by atoms with Crippen molar-refractivity contribution in [3.05, 3.63) is 52.3 Å². The molecule has 0 atom stereocenters. The second-order valence-corrected chi connectivity index (χ2v) is 6.15. The van der Waals surface area contributed by atoms with Crippen LogP contribution in [-0.4, -0.2) is 4.98 Å². The summed E-state index contributed by atoms with van der Waals surface area (Å²) in [6.07, 6.45) is 0.873. The summed E-state index contributed by atoms with van der Waals surface area (Å²) in [5.41, 5.74) is 12.6. The van der Waals surface area contributed by atoms with Gasteiger partial charge in [0.1, 0.15) is 6.07 Å². The molecule has 0 unspecified atom stereocenters. The van der Waals surface area contributed by atoms with Gasteiger partial charge in [0.25, 0.3) is 0 Å². The molecule has 0 fully saturated rings. The van der Waals surface area contributed by atoms with Gasteiger partial charge in [0.15, 0.2) is 0 Å². The molecule has 0 saturated carbocycles. The number of hydrogen-bond acceptors (Lipinski definition) is 3. The molecule has 0 bridgehead atoms. The van der Waals surface area contributed by atoms with E-state index in [1.165, 1.54) is 5.56 Å². The second kappa shape index (κ2) is 9.64. The summed E-state index contributed by atoms with van der Waals surface area (Å²) in [6.45, 7) is 8.69. The molecule has 1 heterocycles. The van der Waals surface area contributed by atoms with Gasteiger partial charge in [-0.3, -0.25) is 4.98 Å². The Balaban J connectivity index is 0.00000264. The van der Waals surface area contributed by atoms with Gasteiger partial charge < -0.3 is 5.73 Å². The highest BCUT2D eigenvalue weighted by Crippen LogP contribution is 2.31. The van der Waals surface area contributed by atoms with Crippen LogP contribution in [0, 0.1) is 31.1 Å². The van der Waals surface area contributed by atoms with Crippen molar-refractivity contribution in [2.75, 3.05) is 0 Å². The highest BCUT2D eigenvalue weighted by atomic mass is 35.5. The summed E-state index contributed by atoms with van der Waals surface area (Å²) < 4.78 is 0. The van der Waals surface area contributed by atoms with Gasteiger partial charge >= 0.3 is 0 Å². The van der Waals surface area contributed by atoms with E-state index in [9.17, 15) is 5.26 Å². The Kier molecular flexibility index (Phi) is 8.99. The van der Waals surface area contributed by atoms with Crippen LogP contribution in [0.3, 0.4) is 0 Å². The molecule has 0 aliphatic heterocycles. The zero-order valence-electron chi connectivity index (χ0n) is 14.6. The van der Waals surface area contributed by atoms with Crippen molar-refractivity contribution in [1.29, 1.82) is 5.26 Å². The van der Waals surface area contributed by atoms with Crippen LogP contribution in [0.2, 0.25) is 0 Å². The first kappa shape index (κ1) is 22.4. The van der Waals surface area contributed by atoms with Crippen molar-refractivity contribution >= 4 is 24.8 Å². The Bertz CT molecular complexity index is 717. The molecule has 0 spiro atoms. The number of nitrogens with zero attached hydrogens (tertiary/aromatic N) is 2. The molecule has 2 rings (SSSR count). The number of nitriles is 1. The maximum Gasteiger partial charge on any atom is 0.102 e. The first-order chi connectivity index (χ1) is 10.5. The lowest BCUT2D eigenvalue weighted by molar-refractivity contribution is 0.628. The van der Waals surface area contributed by atoms with E-state index in [1.54, 1.807) is 0 Å². The minimum Gasteiger partial charge on any atom is -0.326 e. The summed E-state index contributed by atoms with van der Waals surface area (Å²) in [5.74, 6) is 0.496. The third kappa shape index (κ3) is 4.70. The Morgan fingerprint density at radius 3 is 2.17 bits per heavy atom. The highest BCUT2D eigenvalue weighted by Gasteiger charge is 2.18. The minimum atomic E-state index is 0. The molecule has 0 radical (unpaired) electrons. The molecule has 24 heavy (non-hydrogen) atoms. The van der Waals surface area contributed by atoms with E-state index >= 15 is 0 Å². The molecule has 1 aromatic heterocycles. The van der Waals surface area contributed by atoms with Crippen LogP contribution in [0.4, 0.5) is 0 Å². The van der Waals surface area contributed by atoms with Crippen LogP contribution >= 0.6 is 24.8 Å². The average molecular weight is 366 g/mol. The second-order valence-electron chi connectivity index (χ2n) is 6.15. The smallest absolute Gasteiger partial charge is 0.102 e. The van der Waals surface area contributed by atoms with Crippen molar-refractivity contribution in [3.63, 3.8) is 0 Å². The fourth-order valence-electron chi connectivity index (χ4n) is 2.75. The van der Waals surface area contributed by atoms with E-state index in [4.69, 9.17) is 5.73 Å². The van der Waals surface area contributed by atoms with Gasteiger partial charge in [0.2, 0.25) is 0 Å². The number of halogens is 2. The quantitative estimate of drug-likeness (QED) is 0.850. The predicted octanol–water partition coefficient (Wildman–Crippen LogP) is 4.74. The average Bonchev–Trinajstić information content (AvgIpc) is 2.47. The lowest BCUT2D eigenvalue weighted by atomic mass is 9.90. The number of pyridine rings is 1. The van der Waals surface area contributed by atoms with Crippen LogP contribution in [0.5, 0.6) is 0 Å². The largest absolute Gasteiger partial charge is 0.326 e. The van der Waals surface area contributed by atoms with Crippen LogP contribution in [0.1, 0.15) is 41.9 Å². The molecular weight excluding hydrogens is 341 g/mol. The fourth-order valence-corrected chi connectivity index (χ4v) is 2.75. The molecule has 1 aromatic carbocycles. The maximum absolute atomic E-state index is 9.58. The predicted molar refractivity (Wildman–Crippen MR) is 105 cm³/mol. The SMILES string of the molecule is Cc1ccc(-c2c(C#N)c(C)nc(CC(C)C)c2CN)cc1.Cl.Cl. The van der Waals surface area contributed by atoms with Crippen molar-refractivity contribution < 1.29 is 0 Å². The highest BCUT2D eigenvalue weighted by molar-refractivity contribution is 5.85.